The Morgan fingerprint density at radius 1 is 1.08 bits per heavy atom. The zero-order valence-electron chi connectivity index (χ0n) is 15.0. The highest BCUT2D eigenvalue weighted by atomic mass is 35.5. The van der Waals surface area contributed by atoms with E-state index >= 15 is 0 Å². The van der Waals surface area contributed by atoms with Gasteiger partial charge in [-0.15, -0.1) is 12.4 Å². The van der Waals surface area contributed by atoms with Crippen LogP contribution >= 0.6 is 23.7 Å². The molecule has 1 unspecified atom stereocenters. The summed E-state index contributed by atoms with van der Waals surface area (Å²) < 4.78 is 0. The molecule has 2 amide bonds. The van der Waals surface area contributed by atoms with Crippen LogP contribution < -0.4 is 16.4 Å². The first-order chi connectivity index (χ1) is 12.0. The molecule has 0 fully saturated rings. The van der Waals surface area contributed by atoms with E-state index in [0.29, 0.717) is 24.6 Å². The van der Waals surface area contributed by atoms with Crippen molar-refractivity contribution in [2.24, 2.45) is 5.73 Å². The summed E-state index contributed by atoms with van der Waals surface area (Å²) in [6, 6.07) is 9.67. The van der Waals surface area contributed by atoms with Crippen molar-refractivity contribution in [3.8, 4) is 0 Å². The lowest BCUT2D eigenvalue weighted by atomic mass is 9.99. The number of hydrogen-bond acceptors (Lipinski definition) is 4. The number of benzene rings is 1. The highest BCUT2D eigenvalue weighted by Gasteiger charge is 2.10. The van der Waals surface area contributed by atoms with E-state index in [1.807, 2.05) is 17.5 Å². The van der Waals surface area contributed by atoms with Crippen molar-refractivity contribution in [2.75, 3.05) is 13.1 Å². The van der Waals surface area contributed by atoms with Crippen LogP contribution in [0.4, 0.5) is 0 Å². The number of carbonyl (C=O) groups is 2. The molecule has 0 saturated heterocycles. The lowest BCUT2D eigenvalue weighted by Crippen LogP contribution is -2.34. The maximum atomic E-state index is 11.9. The molecular formula is C19H26ClN3O2S. The molecule has 1 aromatic carbocycles. The molecule has 26 heavy (non-hydrogen) atoms. The van der Waals surface area contributed by atoms with E-state index in [2.05, 4.69) is 36.6 Å². The summed E-state index contributed by atoms with van der Waals surface area (Å²) in [5.41, 5.74) is 9.01. The molecule has 0 radical (unpaired) electrons. The summed E-state index contributed by atoms with van der Waals surface area (Å²) in [6.07, 6.45) is 0.231. The molecule has 0 aliphatic heterocycles. The van der Waals surface area contributed by atoms with Gasteiger partial charge < -0.3 is 16.4 Å². The summed E-state index contributed by atoms with van der Waals surface area (Å²) in [7, 11) is 0. The molecular weight excluding hydrogens is 370 g/mol. The van der Waals surface area contributed by atoms with E-state index in [1.54, 1.807) is 11.4 Å². The van der Waals surface area contributed by atoms with Gasteiger partial charge >= 0.3 is 0 Å². The van der Waals surface area contributed by atoms with E-state index in [-0.39, 0.29) is 36.7 Å². The summed E-state index contributed by atoms with van der Waals surface area (Å²) in [5, 5.41) is 9.16. The molecule has 1 heterocycles. The van der Waals surface area contributed by atoms with Gasteiger partial charge in [0, 0.05) is 36.5 Å². The van der Waals surface area contributed by atoms with Crippen molar-refractivity contribution in [1.82, 2.24) is 10.6 Å². The van der Waals surface area contributed by atoms with Crippen molar-refractivity contribution < 1.29 is 9.59 Å². The molecule has 2 rings (SSSR count). The van der Waals surface area contributed by atoms with Crippen LogP contribution in [-0.2, 0) is 4.79 Å². The highest BCUT2D eigenvalue weighted by Crippen LogP contribution is 2.17. The number of hydrogen-bond donors (Lipinski definition) is 3. The number of amides is 2. The van der Waals surface area contributed by atoms with Crippen molar-refractivity contribution in [2.45, 2.75) is 32.2 Å². The van der Waals surface area contributed by atoms with Gasteiger partial charge in [0.1, 0.15) is 0 Å². The average Bonchev–Trinajstić information content (AvgIpc) is 3.14. The predicted octanol–water partition coefficient (Wildman–Crippen LogP) is 3.23. The molecule has 7 heteroatoms. The Kier molecular flexibility index (Phi) is 9.34. The van der Waals surface area contributed by atoms with Gasteiger partial charge in [-0.05, 0) is 28.5 Å². The van der Waals surface area contributed by atoms with E-state index in [9.17, 15) is 9.59 Å². The largest absolute Gasteiger partial charge is 0.354 e. The molecule has 0 saturated carbocycles. The van der Waals surface area contributed by atoms with E-state index in [1.165, 1.54) is 16.9 Å². The van der Waals surface area contributed by atoms with Gasteiger partial charge in [-0.2, -0.15) is 11.3 Å². The summed E-state index contributed by atoms with van der Waals surface area (Å²) in [6.45, 7) is 4.97. The molecule has 1 aromatic heterocycles. The fraction of sp³-hybridized carbons (Fsp3) is 0.368. The Morgan fingerprint density at radius 3 is 2.31 bits per heavy atom. The molecule has 0 aliphatic rings. The van der Waals surface area contributed by atoms with Crippen LogP contribution in [0.5, 0.6) is 0 Å². The minimum absolute atomic E-state index is 0. The van der Waals surface area contributed by atoms with E-state index in [0.717, 1.165) is 5.56 Å². The Hall–Kier alpha value is -1.89. The first-order valence-corrected chi connectivity index (χ1v) is 9.34. The quantitative estimate of drug-likeness (QED) is 0.641. The number of nitrogens with two attached hydrogens (primary N) is 1. The smallest absolute Gasteiger partial charge is 0.252 e. The lowest BCUT2D eigenvalue weighted by molar-refractivity contribution is -0.121. The Balaban J connectivity index is 0.00000338. The van der Waals surface area contributed by atoms with E-state index < -0.39 is 0 Å². The van der Waals surface area contributed by atoms with Crippen LogP contribution in [0.3, 0.4) is 0 Å². The van der Waals surface area contributed by atoms with Crippen LogP contribution in [0.1, 0.15) is 53.7 Å². The van der Waals surface area contributed by atoms with Gasteiger partial charge in [0.05, 0.1) is 0 Å². The SMILES string of the molecule is CC(C)c1ccc(C(N)CNC(=O)CCNC(=O)c2ccsc2)cc1.Cl. The molecule has 5 nitrogen and oxygen atoms in total. The van der Waals surface area contributed by atoms with Gasteiger partial charge in [0.15, 0.2) is 0 Å². The van der Waals surface area contributed by atoms with Crippen LogP contribution in [0.2, 0.25) is 0 Å². The number of nitrogens with one attached hydrogen (secondary N) is 2. The second-order valence-electron chi connectivity index (χ2n) is 6.25. The van der Waals surface area contributed by atoms with Crippen molar-refractivity contribution >= 4 is 35.6 Å². The molecule has 0 aliphatic carbocycles. The number of halogens is 1. The fourth-order valence-electron chi connectivity index (χ4n) is 2.34. The number of thiophene rings is 1. The molecule has 4 N–H and O–H groups in total. The van der Waals surface area contributed by atoms with Crippen LogP contribution in [0, 0.1) is 0 Å². The zero-order valence-corrected chi connectivity index (χ0v) is 16.7. The Morgan fingerprint density at radius 2 is 1.73 bits per heavy atom. The zero-order chi connectivity index (χ0) is 18.2. The first kappa shape index (κ1) is 22.2. The predicted molar refractivity (Wildman–Crippen MR) is 109 cm³/mol. The van der Waals surface area contributed by atoms with Gasteiger partial charge in [-0.3, -0.25) is 9.59 Å². The van der Waals surface area contributed by atoms with Crippen molar-refractivity contribution in [3.63, 3.8) is 0 Å². The highest BCUT2D eigenvalue weighted by molar-refractivity contribution is 7.08. The Bertz CT molecular complexity index is 687. The maximum absolute atomic E-state index is 11.9. The van der Waals surface area contributed by atoms with Crippen LogP contribution in [0.15, 0.2) is 41.1 Å². The fourth-order valence-corrected chi connectivity index (χ4v) is 2.98. The second-order valence-corrected chi connectivity index (χ2v) is 7.03. The monoisotopic (exact) mass is 395 g/mol. The first-order valence-electron chi connectivity index (χ1n) is 8.40. The molecule has 1 atom stereocenters. The van der Waals surface area contributed by atoms with Gasteiger partial charge in [0.2, 0.25) is 5.91 Å². The average molecular weight is 396 g/mol. The third-order valence-electron chi connectivity index (χ3n) is 3.97. The summed E-state index contributed by atoms with van der Waals surface area (Å²) in [5.74, 6) is 0.199. The normalized spacial score (nSPS) is 11.5. The Labute approximate surface area is 164 Å². The maximum Gasteiger partial charge on any atom is 0.252 e. The molecule has 142 valence electrons. The van der Waals surface area contributed by atoms with Crippen LogP contribution in [-0.4, -0.2) is 24.9 Å². The minimum Gasteiger partial charge on any atom is -0.354 e. The summed E-state index contributed by atoms with van der Waals surface area (Å²) >= 11 is 1.47. The topological polar surface area (TPSA) is 84.2 Å². The lowest BCUT2D eigenvalue weighted by Gasteiger charge is -2.14. The van der Waals surface area contributed by atoms with Crippen molar-refractivity contribution in [1.29, 1.82) is 0 Å². The third kappa shape index (κ3) is 6.78. The van der Waals surface area contributed by atoms with Gasteiger partial charge in [-0.1, -0.05) is 38.1 Å². The van der Waals surface area contributed by atoms with Gasteiger partial charge in [0.25, 0.3) is 5.91 Å². The number of rotatable bonds is 8. The molecule has 0 bridgehead atoms. The van der Waals surface area contributed by atoms with Gasteiger partial charge in [-0.25, -0.2) is 0 Å². The minimum atomic E-state index is -0.245. The molecule has 2 aromatic rings. The van der Waals surface area contributed by atoms with Crippen molar-refractivity contribution in [3.05, 3.63) is 57.8 Å². The van der Waals surface area contributed by atoms with E-state index in [4.69, 9.17) is 5.73 Å². The molecule has 0 spiro atoms. The number of carbonyl (C=O) groups excluding carboxylic acids is 2. The second kappa shape index (κ2) is 11.0. The third-order valence-corrected chi connectivity index (χ3v) is 4.65. The standard InChI is InChI=1S/C19H25N3O2S.ClH/c1-13(2)14-3-5-15(6-4-14)17(20)11-22-18(23)7-9-21-19(24)16-8-10-25-12-16;/h3-6,8,10,12-13,17H,7,9,11,20H2,1-2H3,(H,21,24)(H,22,23);1H. The van der Waals surface area contributed by atoms with Crippen LogP contribution in [0.25, 0.3) is 0 Å². The summed E-state index contributed by atoms with van der Waals surface area (Å²) in [4.78, 5) is 23.6.